The third kappa shape index (κ3) is 7.68. The first-order chi connectivity index (χ1) is 19.1. The predicted octanol–water partition coefficient (Wildman–Crippen LogP) is -0.825. The Balaban J connectivity index is 2.06. The van der Waals surface area contributed by atoms with E-state index in [9.17, 15) is 68.5 Å². The topological polar surface area (TPSA) is 313 Å². The maximum atomic E-state index is 12.8. The summed E-state index contributed by atoms with van der Waals surface area (Å²) in [6.07, 6.45) is 0. The molecule has 21 heteroatoms. The molecule has 3 rings (SSSR count). The van der Waals surface area contributed by atoms with Crippen molar-refractivity contribution >= 4 is 65.2 Å². The van der Waals surface area contributed by atoms with Crippen LogP contribution in [0, 0.1) is 10.1 Å². The standard InChI is InChI=1S/C21H15N3O15S3/c25-19(23-14-2-12(21(27)28)6-17(8-14)41(34,35)36)10-1-13(7-16(4-10)40(31,32)33)22-20(26)11-3-15(24(29)30)9-18(5-11)42(37,38)39/h1-9H,(H,22,26)(H,23,25)(H,27,28)(H,31,32,33)(H,34,35,36)(H,37,38,39)/p-4. The van der Waals surface area contributed by atoms with E-state index in [1.807, 2.05) is 10.6 Å². The number of hydrogen-bond donors (Lipinski definition) is 2. The van der Waals surface area contributed by atoms with Gasteiger partial charge in [0.1, 0.15) is 30.4 Å². The van der Waals surface area contributed by atoms with Gasteiger partial charge in [0.15, 0.2) is 0 Å². The number of carbonyl (C=O) groups is 3. The van der Waals surface area contributed by atoms with E-state index in [1.165, 1.54) is 0 Å². The normalized spacial score (nSPS) is 11.9. The average molecular weight is 642 g/mol. The summed E-state index contributed by atoms with van der Waals surface area (Å²) in [5.74, 6) is -4.62. The molecule has 0 unspecified atom stereocenters. The zero-order chi connectivity index (χ0) is 31.8. The Bertz CT molecular complexity index is 2000. The lowest BCUT2D eigenvalue weighted by molar-refractivity contribution is -0.385. The number of nitrogens with one attached hydrogen (secondary N) is 2. The minimum atomic E-state index is -5.34. The lowest BCUT2D eigenvalue weighted by Crippen LogP contribution is -2.23. The molecule has 222 valence electrons. The second-order valence-electron chi connectivity index (χ2n) is 8.02. The van der Waals surface area contributed by atoms with Gasteiger partial charge >= 0.3 is 0 Å². The number of aromatic carboxylic acids is 1. The van der Waals surface area contributed by atoms with Crippen molar-refractivity contribution in [3.63, 3.8) is 0 Å². The summed E-state index contributed by atoms with van der Waals surface area (Å²) in [4.78, 5) is 43.4. The molecule has 0 aliphatic rings. The number of rotatable bonds is 9. The van der Waals surface area contributed by atoms with Gasteiger partial charge in [0.2, 0.25) is 0 Å². The predicted molar refractivity (Wildman–Crippen MR) is 130 cm³/mol. The summed E-state index contributed by atoms with van der Waals surface area (Å²) in [7, 11) is -15.9. The molecule has 0 saturated heterocycles. The first-order valence-corrected chi connectivity index (χ1v) is 14.7. The van der Waals surface area contributed by atoms with Crippen LogP contribution in [0.4, 0.5) is 17.1 Å². The molecule has 0 radical (unpaired) electrons. The number of carboxylic acids is 1. The average Bonchev–Trinajstić information content (AvgIpc) is 2.86. The number of nitro groups is 1. The second kappa shape index (κ2) is 11.2. The fraction of sp³-hybridized carbons (Fsp3) is 0. The van der Waals surface area contributed by atoms with Gasteiger partial charge in [0.25, 0.3) is 17.5 Å². The van der Waals surface area contributed by atoms with Gasteiger partial charge in [0, 0.05) is 40.2 Å². The fourth-order valence-corrected chi connectivity index (χ4v) is 4.87. The molecule has 0 aliphatic heterocycles. The van der Waals surface area contributed by atoms with Gasteiger partial charge in [-0.2, -0.15) is 0 Å². The van der Waals surface area contributed by atoms with Crippen LogP contribution in [-0.2, 0) is 30.4 Å². The van der Waals surface area contributed by atoms with Crippen LogP contribution in [0.2, 0.25) is 0 Å². The highest BCUT2D eigenvalue weighted by molar-refractivity contribution is 7.86. The molecule has 0 bridgehead atoms. The summed E-state index contributed by atoms with van der Waals surface area (Å²) in [6.45, 7) is 0. The van der Waals surface area contributed by atoms with E-state index in [0.717, 1.165) is 6.07 Å². The van der Waals surface area contributed by atoms with Gasteiger partial charge in [-0.3, -0.25) is 19.7 Å². The lowest BCUT2D eigenvalue weighted by atomic mass is 10.1. The maximum absolute atomic E-state index is 12.8. The molecule has 3 aromatic carbocycles. The van der Waals surface area contributed by atoms with Crippen molar-refractivity contribution in [3.8, 4) is 0 Å². The molecule has 0 aromatic heterocycles. The van der Waals surface area contributed by atoms with E-state index in [-0.39, 0.29) is 0 Å². The van der Waals surface area contributed by atoms with Crippen molar-refractivity contribution < 1.29 is 63.3 Å². The Morgan fingerprint density at radius 2 is 0.929 bits per heavy atom. The van der Waals surface area contributed by atoms with Crippen LogP contribution in [0.1, 0.15) is 31.1 Å². The molecule has 0 fully saturated rings. The van der Waals surface area contributed by atoms with Crippen LogP contribution < -0.4 is 15.7 Å². The molecule has 2 amide bonds. The van der Waals surface area contributed by atoms with Crippen LogP contribution >= 0.6 is 0 Å². The first kappa shape index (κ1) is 31.7. The molecule has 0 atom stereocenters. The van der Waals surface area contributed by atoms with Gasteiger partial charge in [-0.15, -0.1) is 0 Å². The third-order valence-electron chi connectivity index (χ3n) is 5.06. The number of non-ortho nitro benzene ring substituents is 1. The van der Waals surface area contributed by atoms with Gasteiger partial charge in [0.05, 0.1) is 25.6 Å². The highest BCUT2D eigenvalue weighted by atomic mass is 32.2. The molecular weight excluding hydrogens is 630 g/mol. The molecular formula is C21H11N3O15S3-4. The molecule has 0 aliphatic carbocycles. The van der Waals surface area contributed by atoms with Crippen molar-refractivity contribution in [2.45, 2.75) is 14.7 Å². The summed E-state index contributed by atoms with van der Waals surface area (Å²) in [5, 5.41) is 26.3. The number of nitro benzene ring substituents is 1. The Labute approximate surface area is 235 Å². The van der Waals surface area contributed by atoms with E-state index in [2.05, 4.69) is 0 Å². The maximum Gasteiger partial charge on any atom is 0.271 e. The molecule has 0 spiro atoms. The Hall–Kier alpha value is -4.80. The number of anilines is 2. The van der Waals surface area contributed by atoms with Crippen molar-refractivity contribution in [2.75, 3.05) is 10.6 Å². The van der Waals surface area contributed by atoms with E-state index in [4.69, 9.17) is 0 Å². The number of carbonyl (C=O) groups excluding carboxylic acids is 3. The highest BCUT2D eigenvalue weighted by Crippen LogP contribution is 2.25. The molecule has 2 N–H and O–H groups in total. The van der Waals surface area contributed by atoms with Gasteiger partial charge in [-0.1, -0.05) is 0 Å². The first-order valence-electron chi connectivity index (χ1n) is 10.5. The number of amides is 2. The van der Waals surface area contributed by atoms with Crippen LogP contribution in [0.15, 0.2) is 69.3 Å². The summed E-state index contributed by atoms with van der Waals surface area (Å²) >= 11 is 0. The minimum absolute atomic E-state index is 0.380. The van der Waals surface area contributed by atoms with Crippen molar-refractivity contribution in [2.24, 2.45) is 0 Å². The molecule has 42 heavy (non-hydrogen) atoms. The van der Waals surface area contributed by atoms with Crippen LogP contribution in [-0.4, -0.2) is 61.6 Å². The third-order valence-corrected chi connectivity index (χ3v) is 7.50. The number of hydrogen-bond acceptors (Lipinski definition) is 15. The van der Waals surface area contributed by atoms with Crippen LogP contribution in [0.3, 0.4) is 0 Å². The lowest BCUT2D eigenvalue weighted by Gasteiger charge is -2.15. The van der Waals surface area contributed by atoms with Gasteiger partial charge < -0.3 is 34.2 Å². The number of nitrogens with zero attached hydrogens (tertiary/aromatic N) is 1. The fourth-order valence-electron chi connectivity index (χ4n) is 3.25. The quantitative estimate of drug-likeness (QED) is 0.164. The zero-order valence-corrected chi connectivity index (χ0v) is 22.4. The highest BCUT2D eigenvalue weighted by Gasteiger charge is 2.19. The summed E-state index contributed by atoms with van der Waals surface area (Å²) in [5.41, 5.74) is -4.53. The Morgan fingerprint density at radius 1 is 0.571 bits per heavy atom. The summed E-state index contributed by atoms with van der Waals surface area (Å²) < 4.78 is 103. The molecule has 0 saturated carbocycles. The van der Waals surface area contributed by atoms with E-state index in [0.29, 0.717) is 48.5 Å². The molecule has 3 aromatic rings. The Morgan fingerprint density at radius 3 is 1.31 bits per heavy atom. The number of carboxylic acid groups (broad SMARTS) is 1. The second-order valence-corrected chi connectivity index (χ2v) is 12.2. The molecule has 18 nitrogen and oxygen atoms in total. The zero-order valence-electron chi connectivity index (χ0n) is 20.0. The molecule has 0 heterocycles. The van der Waals surface area contributed by atoms with E-state index in [1.54, 1.807) is 0 Å². The Kier molecular flexibility index (Phi) is 8.48. The minimum Gasteiger partial charge on any atom is -0.744 e. The van der Waals surface area contributed by atoms with Gasteiger partial charge in [-0.05, 0) is 42.5 Å². The monoisotopic (exact) mass is 641 g/mol. The SMILES string of the molecule is O=C([O-])c1cc(NC(=O)c2cc(NC(=O)c3cc([N+](=O)[O-])cc(S(=O)(=O)[O-])c3)cc(S(=O)(=O)[O-])c2)cc(S(=O)(=O)[O-])c1. The largest absolute Gasteiger partial charge is 0.744 e. The van der Waals surface area contributed by atoms with Crippen molar-refractivity contribution in [3.05, 3.63) is 81.4 Å². The number of benzene rings is 3. The summed E-state index contributed by atoms with van der Waals surface area (Å²) in [6, 6.07) is 4.92. The van der Waals surface area contributed by atoms with Crippen LogP contribution in [0.5, 0.6) is 0 Å². The van der Waals surface area contributed by atoms with Gasteiger partial charge in [-0.25, -0.2) is 25.3 Å². The van der Waals surface area contributed by atoms with Crippen LogP contribution in [0.25, 0.3) is 0 Å². The van der Waals surface area contributed by atoms with Crippen molar-refractivity contribution in [1.29, 1.82) is 0 Å². The van der Waals surface area contributed by atoms with E-state index >= 15 is 0 Å². The van der Waals surface area contributed by atoms with Crippen molar-refractivity contribution in [1.82, 2.24) is 0 Å². The van der Waals surface area contributed by atoms with E-state index < -0.39 is 102 Å². The smallest absolute Gasteiger partial charge is 0.271 e.